The normalized spacial score (nSPS) is 19.9. The van der Waals surface area contributed by atoms with Crippen molar-refractivity contribution in [2.24, 2.45) is 0 Å². The first kappa shape index (κ1) is 13.9. The molecule has 1 unspecified atom stereocenters. The van der Waals surface area contributed by atoms with Crippen molar-refractivity contribution in [1.29, 1.82) is 5.26 Å². The highest BCUT2D eigenvalue weighted by Crippen LogP contribution is 2.16. The van der Waals surface area contributed by atoms with E-state index in [-0.39, 0.29) is 6.10 Å². The molecule has 102 valence electrons. The summed E-state index contributed by atoms with van der Waals surface area (Å²) in [6, 6.07) is 9.87. The number of ether oxygens (including phenoxy) is 1. The van der Waals surface area contributed by atoms with E-state index in [0.717, 1.165) is 38.5 Å². The van der Waals surface area contributed by atoms with Gasteiger partial charge >= 0.3 is 0 Å². The van der Waals surface area contributed by atoms with E-state index >= 15 is 0 Å². The van der Waals surface area contributed by atoms with Crippen molar-refractivity contribution in [2.45, 2.75) is 13.0 Å². The molecular weight excluding hydrogens is 238 g/mol. The topological polar surface area (TPSA) is 39.5 Å². The van der Waals surface area contributed by atoms with E-state index in [2.05, 4.69) is 22.8 Å². The van der Waals surface area contributed by atoms with Crippen LogP contribution < -0.4 is 4.90 Å². The molecule has 2 rings (SSSR count). The molecule has 0 amide bonds. The van der Waals surface area contributed by atoms with E-state index < -0.39 is 0 Å². The molecule has 0 aromatic heterocycles. The first-order valence-electron chi connectivity index (χ1n) is 6.78. The van der Waals surface area contributed by atoms with Crippen LogP contribution in [0.15, 0.2) is 24.3 Å². The van der Waals surface area contributed by atoms with E-state index in [1.54, 1.807) is 0 Å². The van der Waals surface area contributed by atoms with E-state index in [9.17, 15) is 0 Å². The molecule has 4 nitrogen and oxygen atoms in total. The lowest BCUT2D eigenvalue weighted by Gasteiger charge is -2.34. The van der Waals surface area contributed by atoms with Crippen LogP contribution in [0.2, 0.25) is 0 Å². The van der Waals surface area contributed by atoms with Gasteiger partial charge in [0.1, 0.15) is 0 Å². The van der Waals surface area contributed by atoms with Gasteiger partial charge in [-0.15, -0.1) is 0 Å². The van der Waals surface area contributed by atoms with Crippen molar-refractivity contribution in [1.82, 2.24) is 4.90 Å². The van der Waals surface area contributed by atoms with E-state index in [4.69, 9.17) is 10.00 Å². The highest BCUT2D eigenvalue weighted by molar-refractivity contribution is 5.50. The molecule has 0 radical (unpaired) electrons. The van der Waals surface area contributed by atoms with Crippen molar-refractivity contribution < 1.29 is 4.74 Å². The van der Waals surface area contributed by atoms with Crippen LogP contribution in [-0.2, 0) is 4.74 Å². The van der Waals surface area contributed by atoms with Crippen LogP contribution in [0.5, 0.6) is 0 Å². The Morgan fingerprint density at radius 3 is 3.11 bits per heavy atom. The number of rotatable bonds is 4. The Morgan fingerprint density at radius 1 is 1.53 bits per heavy atom. The van der Waals surface area contributed by atoms with Gasteiger partial charge in [0.2, 0.25) is 0 Å². The summed E-state index contributed by atoms with van der Waals surface area (Å²) in [5, 5.41) is 8.93. The second-order valence-electron chi connectivity index (χ2n) is 4.93. The molecule has 19 heavy (non-hydrogen) atoms. The third kappa shape index (κ3) is 3.69. The van der Waals surface area contributed by atoms with Crippen molar-refractivity contribution >= 4 is 5.69 Å². The predicted octanol–water partition coefficient (Wildman–Crippen LogP) is 1.72. The fourth-order valence-electron chi connectivity index (χ4n) is 2.40. The van der Waals surface area contributed by atoms with E-state index in [0.29, 0.717) is 5.56 Å². The van der Waals surface area contributed by atoms with Gasteiger partial charge in [-0.3, -0.25) is 4.90 Å². The van der Waals surface area contributed by atoms with Gasteiger partial charge in [-0.2, -0.15) is 5.26 Å². The monoisotopic (exact) mass is 259 g/mol. The zero-order valence-electron chi connectivity index (χ0n) is 11.7. The quantitative estimate of drug-likeness (QED) is 0.825. The third-order valence-electron chi connectivity index (χ3n) is 3.56. The number of nitrogens with zero attached hydrogens (tertiary/aromatic N) is 3. The molecule has 1 atom stereocenters. The number of likely N-dealkylation sites (N-methyl/N-ethyl adjacent to an activating group) is 2. The number of morpholine rings is 1. The Balaban J connectivity index is 1.96. The minimum absolute atomic E-state index is 0.240. The number of hydrogen-bond donors (Lipinski definition) is 0. The summed E-state index contributed by atoms with van der Waals surface area (Å²) in [6.07, 6.45) is 0.240. The van der Waals surface area contributed by atoms with Crippen LogP contribution in [-0.4, -0.2) is 50.8 Å². The maximum absolute atomic E-state index is 8.93. The van der Waals surface area contributed by atoms with Crippen molar-refractivity contribution in [2.75, 3.05) is 44.7 Å². The molecule has 1 fully saturated rings. The molecule has 0 aliphatic carbocycles. The number of benzene rings is 1. The van der Waals surface area contributed by atoms with E-state index in [1.807, 2.05) is 31.3 Å². The maximum Gasteiger partial charge on any atom is 0.0992 e. The standard InChI is InChI=1S/C15H21N3O/c1-3-18-7-8-19-15(12-18)11-17(2)14-6-4-5-13(9-14)10-16/h4-6,9,15H,3,7-8,11-12H2,1-2H3. The van der Waals surface area contributed by atoms with Gasteiger partial charge in [-0.1, -0.05) is 13.0 Å². The Bertz CT molecular complexity index is 455. The van der Waals surface area contributed by atoms with Gasteiger partial charge < -0.3 is 9.64 Å². The largest absolute Gasteiger partial charge is 0.374 e. The molecule has 0 saturated carbocycles. The second kappa shape index (κ2) is 6.55. The van der Waals surface area contributed by atoms with Crippen LogP contribution in [0.1, 0.15) is 12.5 Å². The molecule has 0 bridgehead atoms. The van der Waals surface area contributed by atoms with Crippen molar-refractivity contribution in [3.63, 3.8) is 0 Å². The Morgan fingerprint density at radius 2 is 2.37 bits per heavy atom. The van der Waals surface area contributed by atoms with Gasteiger partial charge in [-0.25, -0.2) is 0 Å². The zero-order chi connectivity index (χ0) is 13.7. The molecule has 1 heterocycles. The molecule has 0 spiro atoms. The van der Waals surface area contributed by atoms with Crippen molar-refractivity contribution in [3.8, 4) is 6.07 Å². The SMILES string of the molecule is CCN1CCOC(CN(C)c2cccc(C#N)c2)C1. The number of anilines is 1. The number of nitriles is 1. The smallest absolute Gasteiger partial charge is 0.0992 e. The first-order valence-corrected chi connectivity index (χ1v) is 6.78. The van der Waals surface area contributed by atoms with Gasteiger partial charge in [0, 0.05) is 32.4 Å². The Labute approximate surface area is 115 Å². The first-order chi connectivity index (χ1) is 9.22. The minimum atomic E-state index is 0.240. The fourth-order valence-corrected chi connectivity index (χ4v) is 2.40. The molecule has 1 saturated heterocycles. The van der Waals surface area contributed by atoms with Crippen LogP contribution in [0.25, 0.3) is 0 Å². The summed E-state index contributed by atoms with van der Waals surface area (Å²) in [7, 11) is 2.05. The minimum Gasteiger partial charge on any atom is -0.374 e. The third-order valence-corrected chi connectivity index (χ3v) is 3.56. The molecule has 4 heteroatoms. The maximum atomic E-state index is 8.93. The summed E-state index contributed by atoms with van der Waals surface area (Å²) >= 11 is 0. The summed E-state index contributed by atoms with van der Waals surface area (Å²) in [5.74, 6) is 0. The molecule has 1 aromatic carbocycles. The van der Waals surface area contributed by atoms with Gasteiger partial charge in [0.05, 0.1) is 24.3 Å². The lowest BCUT2D eigenvalue weighted by atomic mass is 10.2. The van der Waals surface area contributed by atoms with E-state index in [1.165, 1.54) is 0 Å². The summed E-state index contributed by atoms with van der Waals surface area (Å²) < 4.78 is 5.81. The second-order valence-corrected chi connectivity index (χ2v) is 4.93. The van der Waals surface area contributed by atoms with Gasteiger partial charge in [-0.05, 0) is 24.7 Å². The Kier molecular flexibility index (Phi) is 4.78. The van der Waals surface area contributed by atoms with Crippen LogP contribution in [0.4, 0.5) is 5.69 Å². The van der Waals surface area contributed by atoms with Crippen molar-refractivity contribution in [3.05, 3.63) is 29.8 Å². The van der Waals surface area contributed by atoms with Crippen LogP contribution in [0.3, 0.4) is 0 Å². The average molecular weight is 259 g/mol. The molecule has 1 aliphatic rings. The highest BCUT2D eigenvalue weighted by Gasteiger charge is 2.20. The molecule has 1 aliphatic heterocycles. The summed E-state index contributed by atoms with van der Waals surface area (Å²) in [6.45, 7) is 6.94. The highest BCUT2D eigenvalue weighted by atomic mass is 16.5. The zero-order valence-corrected chi connectivity index (χ0v) is 11.7. The Hall–Kier alpha value is -1.57. The lowest BCUT2D eigenvalue weighted by Crippen LogP contribution is -2.46. The fraction of sp³-hybridized carbons (Fsp3) is 0.533. The lowest BCUT2D eigenvalue weighted by molar-refractivity contribution is -0.0216. The molecular formula is C15H21N3O. The predicted molar refractivity (Wildman–Crippen MR) is 76.3 cm³/mol. The molecule has 0 N–H and O–H groups in total. The van der Waals surface area contributed by atoms with Gasteiger partial charge in [0.25, 0.3) is 0 Å². The summed E-state index contributed by atoms with van der Waals surface area (Å²) in [4.78, 5) is 4.57. The van der Waals surface area contributed by atoms with Crippen LogP contribution >= 0.6 is 0 Å². The average Bonchev–Trinajstić information content (AvgIpc) is 2.47. The molecule has 1 aromatic rings. The van der Waals surface area contributed by atoms with Crippen LogP contribution in [0, 0.1) is 11.3 Å². The number of hydrogen-bond acceptors (Lipinski definition) is 4. The summed E-state index contributed by atoms with van der Waals surface area (Å²) in [5.41, 5.74) is 1.76. The van der Waals surface area contributed by atoms with Gasteiger partial charge in [0.15, 0.2) is 0 Å².